The van der Waals surface area contributed by atoms with Gasteiger partial charge < -0.3 is 14.7 Å². The second-order valence-electron chi connectivity index (χ2n) is 8.23. The van der Waals surface area contributed by atoms with Gasteiger partial charge in [0.2, 0.25) is 0 Å². The van der Waals surface area contributed by atoms with E-state index in [1.165, 1.54) is 17.5 Å². The van der Waals surface area contributed by atoms with Crippen LogP contribution in [-0.2, 0) is 4.74 Å². The van der Waals surface area contributed by atoms with Crippen molar-refractivity contribution in [1.29, 1.82) is 0 Å². The lowest BCUT2D eigenvalue weighted by Gasteiger charge is -2.36. The highest BCUT2D eigenvalue weighted by molar-refractivity contribution is 5.32. The number of piperidine rings is 1. The van der Waals surface area contributed by atoms with E-state index in [4.69, 9.17) is 4.74 Å². The van der Waals surface area contributed by atoms with Crippen LogP contribution in [0.2, 0.25) is 0 Å². The lowest BCUT2D eigenvalue weighted by atomic mass is 9.92. The maximum absolute atomic E-state index is 10.5. The molecule has 3 nitrogen and oxygen atoms in total. The Hall–Kier alpha value is -1.68. The summed E-state index contributed by atoms with van der Waals surface area (Å²) >= 11 is 0. The molecule has 0 aromatic heterocycles. The third-order valence-corrected chi connectivity index (χ3v) is 5.41. The molecule has 0 amide bonds. The van der Waals surface area contributed by atoms with Crippen molar-refractivity contribution in [1.82, 2.24) is 4.90 Å². The van der Waals surface area contributed by atoms with E-state index in [2.05, 4.69) is 67.3 Å². The maximum Gasteiger partial charge on any atom is 0.0900 e. The Morgan fingerprint density at radius 3 is 1.93 bits per heavy atom. The molecule has 1 N–H and O–H groups in total. The SMILES string of the molecule is C[C@@H]1C[C@@H](C)CN(C[C@H](O)COCC(c2ccccc2)c2ccccc2)C1. The van der Waals surface area contributed by atoms with Crippen molar-refractivity contribution in [3.8, 4) is 0 Å². The number of aliphatic hydroxyl groups is 1. The van der Waals surface area contributed by atoms with Gasteiger partial charge in [0.05, 0.1) is 19.3 Å². The van der Waals surface area contributed by atoms with E-state index < -0.39 is 6.10 Å². The summed E-state index contributed by atoms with van der Waals surface area (Å²) in [6.45, 7) is 8.44. The van der Waals surface area contributed by atoms with Crippen molar-refractivity contribution >= 4 is 0 Å². The van der Waals surface area contributed by atoms with Gasteiger partial charge in [0, 0.05) is 25.6 Å². The average Bonchev–Trinajstić information content (AvgIpc) is 2.66. The van der Waals surface area contributed by atoms with Gasteiger partial charge in [0.1, 0.15) is 0 Å². The van der Waals surface area contributed by atoms with Crippen molar-refractivity contribution in [2.24, 2.45) is 11.8 Å². The van der Waals surface area contributed by atoms with E-state index in [-0.39, 0.29) is 5.92 Å². The molecular weight excluding hydrogens is 334 g/mol. The summed E-state index contributed by atoms with van der Waals surface area (Å²) in [5.41, 5.74) is 2.49. The molecule has 3 rings (SSSR count). The first-order chi connectivity index (χ1) is 13.1. The fourth-order valence-electron chi connectivity index (χ4n) is 4.37. The van der Waals surface area contributed by atoms with Crippen molar-refractivity contribution in [3.63, 3.8) is 0 Å². The summed E-state index contributed by atoms with van der Waals surface area (Å²) in [4.78, 5) is 2.39. The number of likely N-dealkylation sites (tertiary alicyclic amines) is 1. The number of aliphatic hydroxyl groups excluding tert-OH is 1. The molecule has 3 heteroatoms. The van der Waals surface area contributed by atoms with Gasteiger partial charge >= 0.3 is 0 Å². The second kappa shape index (κ2) is 10.0. The van der Waals surface area contributed by atoms with Gasteiger partial charge in [-0.25, -0.2) is 0 Å². The fourth-order valence-corrected chi connectivity index (χ4v) is 4.37. The lowest BCUT2D eigenvalue weighted by molar-refractivity contribution is 0.00289. The van der Waals surface area contributed by atoms with E-state index in [0.717, 1.165) is 13.1 Å². The molecule has 146 valence electrons. The Labute approximate surface area is 164 Å². The van der Waals surface area contributed by atoms with Gasteiger partial charge in [-0.2, -0.15) is 0 Å². The quantitative estimate of drug-likeness (QED) is 0.760. The molecule has 1 heterocycles. The molecule has 0 unspecified atom stereocenters. The van der Waals surface area contributed by atoms with Crippen molar-refractivity contribution in [2.75, 3.05) is 32.8 Å². The maximum atomic E-state index is 10.5. The third-order valence-electron chi connectivity index (χ3n) is 5.41. The van der Waals surface area contributed by atoms with Crippen molar-refractivity contribution in [3.05, 3.63) is 71.8 Å². The molecule has 2 aromatic carbocycles. The first-order valence-corrected chi connectivity index (χ1v) is 10.2. The Kier molecular flexibility index (Phi) is 7.45. The molecule has 1 aliphatic heterocycles. The largest absolute Gasteiger partial charge is 0.389 e. The Balaban J connectivity index is 1.53. The van der Waals surface area contributed by atoms with Crippen LogP contribution in [0.5, 0.6) is 0 Å². The van der Waals surface area contributed by atoms with E-state index in [9.17, 15) is 5.11 Å². The number of rotatable bonds is 8. The van der Waals surface area contributed by atoms with Gasteiger partial charge in [0.25, 0.3) is 0 Å². The van der Waals surface area contributed by atoms with Crippen LogP contribution in [0.1, 0.15) is 37.3 Å². The summed E-state index contributed by atoms with van der Waals surface area (Å²) in [6.07, 6.45) is 0.855. The van der Waals surface area contributed by atoms with Gasteiger partial charge in [-0.3, -0.25) is 0 Å². The van der Waals surface area contributed by atoms with Gasteiger partial charge in [-0.15, -0.1) is 0 Å². The molecule has 27 heavy (non-hydrogen) atoms. The monoisotopic (exact) mass is 367 g/mol. The van der Waals surface area contributed by atoms with Crippen molar-refractivity contribution in [2.45, 2.75) is 32.3 Å². The Morgan fingerprint density at radius 2 is 1.41 bits per heavy atom. The smallest absolute Gasteiger partial charge is 0.0900 e. The van der Waals surface area contributed by atoms with E-state index in [1.807, 2.05) is 12.1 Å². The summed E-state index contributed by atoms with van der Waals surface area (Å²) in [6, 6.07) is 20.9. The predicted molar refractivity (Wildman–Crippen MR) is 111 cm³/mol. The summed E-state index contributed by atoms with van der Waals surface area (Å²) in [7, 11) is 0. The normalized spacial score (nSPS) is 22.1. The first kappa shape index (κ1) is 20.1. The molecule has 0 bridgehead atoms. The van der Waals surface area contributed by atoms with Crippen LogP contribution in [0.15, 0.2) is 60.7 Å². The molecule has 0 aliphatic carbocycles. The molecule has 2 aromatic rings. The average molecular weight is 368 g/mol. The van der Waals surface area contributed by atoms with Crippen LogP contribution in [0.4, 0.5) is 0 Å². The van der Waals surface area contributed by atoms with E-state index in [0.29, 0.717) is 31.6 Å². The highest BCUT2D eigenvalue weighted by Crippen LogP contribution is 2.25. The van der Waals surface area contributed by atoms with Crippen LogP contribution in [-0.4, -0.2) is 49.0 Å². The highest BCUT2D eigenvalue weighted by Gasteiger charge is 2.23. The number of hydrogen-bond donors (Lipinski definition) is 1. The molecule has 0 spiro atoms. The number of nitrogens with zero attached hydrogens (tertiary/aromatic N) is 1. The zero-order valence-corrected chi connectivity index (χ0v) is 16.6. The minimum atomic E-state index is -0.435. The van der Waals surface area contributed by atoms with Crippen LogP contribution >= 0.6 is 0 Å². The van der Waals surface area contributed by atoms with Gasteiger partial charge in [-0.05, 0) is 29.4 Å². The van der Waals surface area contributed by atoms with E-state index >= 15 is 0 Å². The third kappa shape index (κ3) is 6.17. The zero-order chi connectivity index (χ0) is 19.1. The molecule has 3 atom stereocenters. The Morgan fingerprint density at radius 1 is 0.889 bits per heavy atom. The molecule has 1 aliphatic rings. The highest BCUT2D eigenvalue weighted by atomic mass is 16.5. The molecule has 1 fully saturated rings. The van der Waals surface area contributed by atoms with Gasteiger partial charge in [-0.1, -0.05) is 74.5 Å². The van der Waals surface area contributed by atoms with Crippen molar-refractivity contribution < 1.29 is 9.84 Å². The number of hydrogen-bond acceptors (Lipinski definition) is 3. The number of β-amino-alcohol motifs (C(OH)–C–C–N with tert-alkyl or cyclic N) is 1. The van der Waals surface area contributed by atoms with Crippen LogP contribution in [0, 0.1) is 11.8 Å². The lowest BCUT2D eigenvalue weighted by Crippen LogP contribution is -2.43. The topological polar surface area (TPSA) is 32.7 Å². The first-order valence-electron chi connectivity index (χ1n) is 10.2. The second-order valence-corrected chi connectivity index (χ2v) is 8.23. The minimum absolute atomic E-state index is 0.189. The fraction of sp³-hybridized carbons (Fsp3) is 0.500. The van der Waals surface area contributed by atoms with Crippen LogP contribution < -0.4 is 0 Å². The molecule has 0 radical (unpaired) electrons. The summed E-state index contributed by atoms with van der Waals surface area (Å²) in [5.74, 6) is 1.61. The molecule has 1 saturated heterocycles. The molecular formula is C24H33NO2. The molecule has 0 saturated carbocycles. The van der Waals surface area contributed by atoms with Crippen LogP contribution in [0.25, 0.3) is 0 Å². The van der Waals surface area contributed by atoms with E-state index in [1.54, 1.807) is 0 Å². The standard InChI is InChI=1S/C24H33NO2/c1-19-13-20(2)15-25(14-19)16-23(26)17-27-18-24(21-9-5-3-6-10-21)22-11-7-4-8-12-22/h3-12,19-20,23-24,26H,13-18H2,1-2H3/t19-,20-,23+/m1/s1. The summed E-state index contributed by atoms with van der Waals surface area (Å²) in [5, 5.41) is 10.5. The Bertz CT molecular complexity index is 611. The minimum Gasteiger partial charge on any atom is -0.389 e. The van der Waals surface area contributed by atoms with Gasteiger partial charge in [0.15, 0.2) is 0 Å². The number of benzene rings is 2. The predicted octanol–water partition coefficient (Wildman–Crippen LogP) is 4.17. The van der Waals surface area contributed by atoms with Crippen LogP contribution in [0.3, 0.4) is 0 Å². The zero-order valence-electron chi connectivity index (χ0n) is 16.6. The number of ether oxygens (including phenoxy) is 1. The summed E-state index contributed by atoms with van der Waals surface area (Å²) < 4.78 is 5.98.